The van der Waals surface area contributed by atoms with Crippen LogP contribution in [0.25, 0.3) is 0 Å². The standard InChI is InChI=1S/C13H16ClF3N2O2S.ClH/c1-19(9-4-6-18-7-5-9)22(20,21)10-2-3-12(14)11(8-10)13(15,16)17;/h2-3,8-9,18H,4-7H2,1H3;1H. The first-order valence-electron chi connectivity index (χ1n) is 6.69. The zero-order chi connectivity index (χ0) is 16.5. The van der Waals surface area contributed by atoms with E-state index in [0.29, 0.717) is 32.0 Å². The largest absolute Gasteiger partial charge is 0.417 e. The van der Waals surface area contributed by atoms with Crippen molar-refractivity contribution in [2.24, 2.45) is 0 Å². The van der Waals surface area contributed by atoms with Gasteiger partial charge in [0.2, 0.25) is 10.0 Å². The van der Waals surface area contributed by atoms with E-state index in [1.165, 1.54) is 7.05 Å². The molecule has 0 unspecified atom stereocenters. The Hall–Kier alpha value is -0.540. The molecular weight excluding hydrogens is 376 g/mol. The first-order chi connectivity index (χ1) is 10.1. The third-order valence-corrected chi connectivity index (χ3v) is 5.98. The number of halogens is 5. The number of nitrogens with one attached hydrogen (secondary N) is 1. The van der Waals surface area contributed by atoms with Gasteiger partial charge in [0.1, 0.15) is 0 Å². The second kappa shape index (κ2) is 7.57. The number of piperidine rings is 1. The molecular formula is C13H17Cl2F3N2O2S. The maximum absolute atomic E-state index is 12.9. The van der Waals surface area contributed by atoms with Crippen LogP contribution in [0, 0.1) is 0 Å². The van der Waals surface area contributed by atoms with Gasteiger partial charge in [0.05, 0.1) is 15.5 Å². The summed E-state index contributed by atoms with van der Waals surface area (Å²) in [6.07, 6.45) is -3.46. The fourth-order valence-electron chi connectivity index (χ4n) is 2.41. The van der Waals surface area contributed by atoms with Crippen LogP contribution in [0.5, 0.6) is 0 Å². The average molecular weight is 393 g/mol. The Bertz CT molecular complexity index is 647. The summed E-state index contributed by atoms with van der Waals surface area (Å²) in [6.45, 7) is 1.36. The zero-order valence-electron chi connectivity index (χ0n) is 12.2. The number of nitrogens with zero attached hydrogens (tertiary/aromatic N) is 1. The maximum atomic E-state index is 12.9. The number of sulfonamides is 1. The molecule has 1 saturated heterocycles. The SMILES string of the molecule is CN(C1CCNCC1)S(=O)(=O)c1ccc(Cl)c(C(F)(F)F)c1.Cl. The third-order valence-electron chi connectivity index (χ3n) is 3.74. The molecule has 1 aliphatic heterocycles. The van der Waals surface area contributed by atoms with Crippen LogP contribution in [-0.2, 0) is 16.2 Å². The van der Waals surface area contributed by atoms with E-state index in [0.717, 1.165) is 16.4 Å². The lowest BCUT2D eigenvalue weighted by Gasteiger charge is -2.31. The lowest BCUT2D eigenvalue weighted by molar-refractivity contribution is -0.137. The van der Waals surface area contributed by atoms with Crippen molar-refractivity contribution in [2.75, 3.05) is 20.1 Å². The van der Waals surface area contributed by atoms with Crippen LogP contribution in [0.1, 0.15) is 18.4 Å². The van der Waals surface area contributed by atoms with Crippen LogP contribution in [0.4, 0.5) is 13.2 Å². The van der Waals surface area contributed by atoms with Crippen molar-refractivity contribution < 1.29 is 21.6 Å². The maximum Gasteiger partial charge on any atom is 0.417 e. The molecule has 1 aromatic rings. The molecule has 1 fully saturated rings. The van der Waals surface area contributed by atoms with Crippen molar-refractivity contribution in [2.45, 2.75) is 30.0 Å². The highest BCUT2D eigenvalue weighted by Crippen LogP contribution is 2.36. The molecule has 1 aliphatic rings. The zero-order valence-corrected chi connectivity index (χ0v) is 14.6. The first-order valence-corrected chi connectivity index (χ1v) is 8.51. The van der Waals surface area contributed by atoms with Gasteiger partial charge >= 0.3 is 6.18 Å². The van der Waals surface area contributed by atoms with Crippen molar-refractivity contribution in [1.82, 2.24) is 9.62 Å². The number of rotatable bonds is 3. The minimum Gasteiger partial charge on any atom is -0.317 e. The van der Waals surface area contributed by atoms with Crippen LogP contribution in [0.3, 0.4) is 0 Å². The van der Waals surface area contributed by atoms with Crippen LogP contribution in [-0.4, -0.2) is 38.9 Å². The summed E-state index contributed by atoms with van der Waals surface area (Å²) >= 11 is 5.52. The van der Waals surface area contributed by atoms with Gasteiger partial charge in [-0.2, -0.15) is 17.5 Å². The molecule has 0 amide bonds. The van der Waals surface area contributed by atoms with Crippen molar-refractivity contribution in [3.8, 4) is 0 Å². The summed E-state index contributed by atoms with van der Waals surface area (Å²) in [5.41, 5.74) is -1.14. The quantitative estimate of drug-likeness (QED) is 0.859. The summed E-state index contributed by atoms with van der Waals surface area (Å²) in [5, 5.41) is 2.59. The van der Waals surface area contributed by atoms with Crippen molar-refractivity contribution in [3.63, 3.8) is 0 Å². The normalized spacial score (nSPS) is 17.1. The van der Waals surface area contributed by atoms with Gasteiger partial charge in [0.25, 0.3) is 0 Å². The van der Waals surface area contributed by atoms with Crippen molar-refractivity contribution in [3.05, 3.63) is 28.8 Å². The smallest absolute Gasteiger partial charge is 0.317 e. The third kappa shape index (κ3) is 4.51. The van der Waals surface area contributed by atoms with Crippen molar-refractivity contribution in [1.29, 1.82) is 0 Å². The molecule has 0 aliphatic carbocycles. The van der Waals surface area contributed by atoms with E-state index in [-0.39, 0.29) is 18.4 Å². The monoisotopic (exact) mass is 392 g/mol. The van der Waals surface area contributed by atoms with E-state index < -0.39 is 31.7 Å². The second-order valence-electron chi connectivity index (χ2n) is 5.14. The molecule has 1 aromatic carbocycles. The minimum atomic E-state index is -4.70. The van der Waals surface area contributed by atoms with E-state index in [4.69, 9.17) is 11.6 Å². The molecule has 0 aromatic heterocycles. The lowest BCUT2D eigenvalue weighted by Crippen LogP contribution is -2.43. The minimum absolute atomic E-state index is 0. The van der Waals surface area contributed by atoms with Gasteiger partial charge in [-0.3, -0.25) is 0 Å². The van der Waals surface area contributed by atoms with Crippen LogP contribution < -0.4 is 5.32 Å². The molecule has 132 valence electrons. The molecule has 23 heavy (non-hydrogen) atoms. The molecule has 1 heterocycles. The van der Waals surface area contributed by atoms with E-state index in [1.54, 1.807) is 0 Å². The molecule has 0 atom stereocenters. The molecule has 0 spiro atoms. The van der Waals surface area contributed by atoms with Gasteiger partial charge in [0.15, 0.2) is 0 Å². The molecule has 0 bridgehead atoms. The van der Waals surface area contributed by atoms with Crippen LogP contribution >= 0.6 is 24.0 Å². The van der Waals surface area contributed by atoms with E-state index >= 15 is 0 Å². The molecule has 4 nitrogen and oxygen atoms in total. The van der Waals surface area contributed by atoms with E-state index in [2.05, 4.69) is 5.32 Å². The number of hydrogen-bond acceptors (Lipinski definition) is 3. The highest BCUT2D eigenvalue weighted by molar-refractivity contribution is 7.89. The van der Waals surface area contributed by atoms with Crippen LogP contribution in [0.2, 0.25) is 5.02 Å². The Morgan fingerprint density at radius 1 is 1.26 bits per heavy atom. The molecule has 2 rings (SSSR count). The van der Waals surface area contributed by atoms with Crippen molar-refractivity contribution >= 4 is 34.0 Å². The number of hydrogen-bond donors (Lipinski definition) is 1. The molecule has 10 heteroatoms. The summed E-state index contributed by atoms with van der Waals surface area (Å²) < 4.78 is 64.8. The van der Waals surface area contributed by atoms with Gasteiger partial charge in [-0.05, 0) is 44.1 Å². The van der Waals surface area contributed by atoms with Gasteiger partial charge in [-0.15, -0.1) is 12.4 Å². The lowest BCUT2D eigenvalue weighted by atomic mass is 10.1. The first kappa shape index (κ1) is 20.5. The second-order valence-corrected chi connectivity index (χ2v) is 7.55. The summed E-state index contributed by atoms with van der Waals surface area (Å²) in [7, 11) is -2.60. The average Bonchev–Trinajstić information content (AvgIpc) is 2.46. The summed E-state index contributed by atoms with van der Waals surface area (Å²) in [6, 6.07) is 2.43. The number of benzene rings is 1. The molecule has 0 radical (unpaired) electrons. The Kier molecular flexibility index (Phi) is 6.74. The molecule has 0 saturated carbocycles. The Morgan fingerprint density at radius 3 is 2.35 bits per heavy atom. The van der Waals surface area contributed by atoms with E-state index in [9.17, 15) is 21.6 Å². The van der Waals surface area contributed by atoms with E-state index in [1.807, 2.05) is 0 Å². The predicted molar refractivity (Wildman–Crippen MR) is 84.5 cm³/mol. The summed E-state index contributed by atoms with van der Waals surface area (Å²) in [4.78, 5) is -0.398. The highest BCUT2D eigenvalue weighted by atomic mass is 35.5. The van der Waals surface area contributed by atoms with Gasteiger partial charge in [-0.25, -0.2) is 8.42 Å². The molecule has 1 N–H and O–H groups in total. The Morgan fingerprint density at radius 2 is 1.83 bits per heavy atom. The highest BCUT2D eigenvalue weighted by Gasteiger charge is 2.36. The number of alkyl halides is 3. The Labute approximate surface area is 144 Å². The topological polar surface area (TPSA) is 49.4 Å². The summed E-state index contributed by atoms with van der Waals surface area (Å²) in [5.74, 6) is 0. The fraction of sp³-hybridized carbons (Fsp3) is 0.538. The van der Waals surface area contributed by atoms with Crippen LogP contribution in [0.15, 0.2) is 23.1 Å². The fourth-order valence-corrected chi connectivity index (χ4v) is 4.08. The van der Waals surface area contributed by atoms with Gasteiger partial charge < -0.3 is 5.32 Å². The van der Waals surface area contributed by atoms with Gasteiger partial charge in [0, 0.05) is 13.1 Å². The predicted octanol–water partition coefficient (Wildman–Crippen LogP) is 3.15. The Balaban J connectivity index is 0.00000264. The van der Waals surface area contributed by atoms with Gasteiger partial charge in [-0.1, -0.05) is 11.6 Å².